The van der Waals surface area contributed by atoms with Crippen molar-refractivity contribution < 1.29 is 0 Å². The fraction of sp³-hybridized carbons (Fsp3) is 0.364. The third-order valence-electron chi connectivity index (χ3n) is 5.42. The molecule has 146 valence electrons. The predicted molar refractivity (Wildman–Crippen MR) is 115 cm³/mol. The molecular formula is C22H25ClN4O. The molecule has 0 aliphatic carbocycles. The van der Waals surface area contributed by atoms with Gasteiger partial charge in [0.1, 0.15) is 0 Å². The first-order chi connectivity index (χ1) is 13.7. The minimum atomic E-state index is -0.0212. The molecule has 0 atom stereocenters. The van der Waals surface area contributed by atoms with Gasteiger partial charge in [0.15, 0.2) is 0 Å². The molecule has 1 saturated heterocycles. The number of benzene rings is 2. The molecule has 28 heavy (non-hydrogen) atoms. The molecule has 1 fully saturated rings. The molecule has 0 spiro atoms. The van der Waals surface area contributed by atoms with Gasteiger partial charge in [-0.25, -0.2) is 4.98 Å². The number of fused-ring (bicyclic) bond motifs is 1. The molecule has 2 heterocycles. The molecular weight excluding hydrogens is 372 g/mol. The number of unbranched alkanes of at least 4 members (excludes halogenated alkanes) is 1. The Morgan fingerprint density at radius 2 is 1.61 bits per heavy atom. The average molecular weight is 397 g/mol. The second kappa shape index (κ2) is 8.76. The van der Waals surface area contributed by atoms with Crippen LogP contribution < -0.4 is 10.5 Å². The second-order valence-corrected chi connectivity index (χ2v) is 7.63. The lowest BCUT2D eigenvalue weighted by Gasteiger charge is -2.36. The molecule has 0 unspecified atom stereocenters. The molecule has 0 bridgehead atoms. The Bertz CT molecular complexity index is 995. The van der Waals surface area contributed by atoms with E-state index in [9.17, 15) is 4.79 Å². The quantitative estimate of drug-likeness (QED) is 0.596. The number of para-hydroxylation sites is 3. The first kappa shape index (κ1) is 19.0. The van der Waals surface area contributed by atoms with Crippen molar-refractivity contribution in [2.45, 2.75) is 19.4 Å². The number of rotatable bonds is 6. The van der Waals surface area contributed by atoms with E-state index in [4.69, 9.17) is 11.6 Å². The summed E-state index contributed by atoms with van der Waals surface area (Å²) in [6, 6.07) is 15.9. The molecule has 1 aliphatic heterocycles. The number of anilines is 1. The molecule has 5 nitrogen and oxygen atoms in total. The molecule has 0 N–H and O–H groups in total. The first-order valence-corrected chi connectivity index (χ1v) is 10.3. The first-order valence-electron chi connectivity index (χ1n) is 9.89. The summed E-state index contributed by atoms with van der Waals surface area (Å²) in [7, 11) is 0. The monoisotopic (exact) mass is 396 g/mol. The lowest BCUT2D eigenvalue weighted by atomic mass is 10.2. The number of piperazine rings is 1. The predicted octanol–water partition coefficient (Wildman–Crippen LogP) is 3.65. The number of aromatic nitrogens is 2. The van der Waals surface area contributed by atoms with Crippen LogP contribution in [0.4, 0.5) is 5.69 Å². The molecule has 4 rings (SSSR count). The van der Waals surface area contributed by atoms with E-state index >= 15 is 0 Å². The zero-order chi connectivity index (χ0) is 19.3. The molecule has 0 radical (unpaired) electrons. The van der Waals surface area contributed by atoms with Crippen LogP contribution in [0.5, 0.6) is 0 Å². The van der Waals surface area contributed by atoms with E-state index in [1.165, 1.54) is 6.20 Å². The molecule has 1 aromatic heterocycles. The van der Waals surface area contributed by atoms with E-state index in [0.717, 1.165) is 73.9 Å². The molecule has 3 aromatic rings. The second-order valence-electron chi connectivity index (χ2n) is 7.22. The normalized spacial score (nSPS) is 15.2. The fourth-order valence-corrected chi connectivity index (χ4v) is 4.13. The zero-order valence-electron chi connectivity index (χ0n) is 15.9. The molecule has 0 saturated carbocycles. The number of hydrogen-bond acceptors (Lipinski definition) is 4. The third kappa shape index (κ3) is 4.21. The van der Waals surface area contributed by atoms with Gasteiger partial charge in [-0.1, -0.05) is 35.9 Å². The summed E-state index contributed by atoms with van der Waals surface area (Å²) in [4.78, 5) is 21.3. The summed E-state index contributed by atoms with van der Waals surface area (Å²) in [5, 5.41) is 0.825. The van der Waals surface area contributed by atoms with E-state index in [1.807, 2.05) is 47.0 Å². The zero-order valence-corrected chi connectivity index (χ0v) is 16.7. The maximum atomic E-state index is 12.2. The van der Waals surface area contributed by atoms with Gasteiger partial charge in [-0.2, -0.15) is 0 Å². The van der Waals surface area contributed by atoms with Crippen molar-refractivity contribution >= 4 is 28.3 Å². The highest BCUT2D eigenvalue weighted by Crippen LogP contribution is 2.26. The van der Waals surface area contributed by atoms with Crippen molar-refractivity contribution in [2.24, 2.45) is 0 Å². The van der Waals surface area contributed by atoms with Gasteiger partial charge in [-0.15, -0.1) is 0 Å². The summed E-state index contributed by atoms with van der Waals surface area (Å²) < 4.78 is 1.84. The van der Waals surface area contributed by atoms with Crippen molar-refractivity contribution in [1.82, 2.24) is 14.5 Å². The van der Waals surface area contributed by atoms with Crippen LogP contribution in [-0.4, -0.2) is 47.2 Å². The van der Waals surface area contributed by atoms with E-state index in [0.29, 0.717) is 0 Å². The van der Waals surface area contributed by atoms with Crippen LogP contribution in [0.25, 0.3) is 11.0 Å². The van der Waals surface area contributed by atoms with Gasteiger partial charge < -0.3 is 9.47 Å². The van der Waals surface area contributed by atoms with Crippen LogP contribution in [0, 0.1) is 0 Å². The standard InChI is InChI=1S/C22H25ClN4O/c23-18-7-1-3-9-20(18)26-15-13-25(14-16-26)11-5-6-12-27-21-10-4-2-8-19(21)24-17-22(27)28/h1-4,7-10,17H,5-6,11-16H2. The van der Waals surface area contributed by atoms with Crippen LogP contribution in [0.1, 0.15) is 12.8 Å². The molecule has 2 aromatic carbocycles. The number of nitrogens with zero attached hydrogens (tertiary/aromatic N) is 4. The minimum Gasteiger partial charge on any atom is -0.368 e. The Balaban J connectivity index is 1.27. The highest BCUT2D eigenvalue weighted by atomic mass is 35.5. The van der Waals surface area contributed by atoms with Gasteiger partial charge in [-0.3, -0.25) is 9.69 Å². The number of halogens is 1. The Morgan fingerprint density at radius 3 is 2.43 bits per heavy atom. The van der Waals surface area contributed by atoms with Gasteiger partial charge in [0, 0.05) is 32.7 Å². The van der Waals surface area contributed by atoms with Crippen molar-refractivity contribution in [3.63, 3.8) is 0 Å². The molecule has 0 amide bonds. The summed E-state index contributed by atoms with van der Waals surface area (Å²) in [5.41, 5.74) is 2.90. The summed E-state index contributed by atoms with van der Waals surface area (Å²) in [5.74, 6) is 0. The maximum absolute atomic E-state index is 12.2. The van der Waals surface area contributed by atoms with Gasteiger partial charge >= 0.3 is 0 Å². The number of hydrogen-bond donors (Lipinski definition) is 0. The van der Waals surface area contributed by atoms with Crippen molar-refractivity contribution in [2.75, 3.05) is 37.6 Å². The third-order valence-corrected chi connectivity index (χ3v) is 5.74. The topological polar surface area (TPSA) is 41.4 Å². The Morgan fingerprint density at radius 1 is 0.893 bits per heavy atom. The van der Waals surface area contributed by atoms with Crippen molar-refractivity contribution in [1.29, 1.82) is 0 Å². The van der Waals surface area contributed by atoms with E-state index < -0.39 is 0 Å². The van der Waals surface area contributed by atoms with Crippen molar-refractivity contribution in [3.05, 3.63) is 70.1 Å². The van der Waals surface area contributed by atoms with Crippen molar-refractivity contribution in [3.8, 4) is 0 Å². The highest BCUT2D eigenvalue weighted by molar-refractivity contribution is 6.33. The summed E-state index contributed by atoms with van der Waals surface area (Å²) >= 11 is 6.32. The SMILES string of the molecule is O=c1cnc2ccccc2n1CCCCN1CCN(c2ccccc2Cl)CC1. The van der Waals surface area contributed by atoms with Crippen LogP contribution in [0.3, 0.4) is 0 Å². The smallest absolute Gasteiger partial charge is 0.269 e. The van der Waals surface area contributed by atoms with Crippen LogP contribution in [0.15, 0.2) is 59.5 Å². The summed E-state index contributed by atoms with van der Waals surface area (Å²) in [6.45, 7) is 5.89. The van der Waals surface area contributed by atoms with Crippen LogP contribution in [0.2, 0.25) is 5.02 Å². The molecule has 1 aliphatic rings. The van der Waals surface area contributed by atoms with Crippen LogP contribution in [-0.2, 0) is 6.54 Å². The Hall–Kier alpha value is -2.37. The lowest BCUT2D eigenvalue weighted by molar-refractivity contribution is 0.251. The van der Waals surface area contributed by atoms with Gasteiger partial charge in [-0.05, 0) is 43.7 Å². The fourth-order valence-electron chi connectivity index (χ4n) is 3.87. The largest absolute Gasteiger partial charge is 0.368 e. The minimum absolute atomic E-state index is 0.0212. The average Bonchev–Trinajstić information content (AvgIpc) is 2.73. The van der Waals surface area contributed by atoms with E-state index in [-0.39, 0.29) is 5.56 Å². The van der Waals surface area contributed by atoms with Gasteiger partial charge in [0.2, 0.25) is 0 Å². The van der Waals surface area contributed by atoms with Gasteiger partial charge in [0.25, 0.3) is 5.56 Å². The van der Waals surface area contributed by atoms with Gasteiger partial charge in [0.05, 0.1) is 27.9 Å². The lowest BCUT2D eigenvalue weighted by Crippen LogP contribution is -2.46. The Kier molecular flexibility index (Phi) is 5.93. The molecule has 6 heteroatoms. The van der Waals surface area contributed by atoms with E-state index in [2.05, 4.69) is 20.9 Å². The van der Waals surface area contributed by atoms with E-state index in [1.54, 1.807) is 0 Å². The number of aryl methyl sites for hydroxylation is 1. The highest BCUT2D eigenvalue weighted by Gasteiger charge is 2.18. The van der Waals surface area contributed by atoms with Crippen LogP contribution >= 0.6 is 11.6 Å². The summed E-state index contributed by atoms with van der Waals surface area (Å²) in [6.07, 6.45) is 3.49. The maximum Gasteiger partial charge on any atom is 0.269 e. The Labute approximate surface area is 170 Å².